The molecule has 0 spiro atoms. The van der Waals surface area contributed by atoms with Gasteiger partial charge in [0, 0.05) is 11.8 Å². The van der Waals surface area contributed by atoms with Crippen molar-refractivity contribution >= 4 is 23.2 Å². The van der Waals surface area contributed by atoms with E-state index < -0.39 is 22.0 Å². The van der Waals surface area contributed by atoms with Crippen LogP contribution in [0.1, 0.15) is 39.7 Å². The minimum Gasteiger partial charge on any atom is -0.198 e. The molecule has 0 aromatic heterocycles. The molecule has 25 heavy (non-hydrogen) atoms. The first-order valence-corrected chi connectivity index (χ1v) is 8.42. The van der Waals surface area contributed by atoms with Gasteiger partial charge in [-0.2, -0.15) is 18.4 Å². The van der Waals surface area contributed by atoms with Crippen LogP contribution in [-0.4, -0.2) is 4.33 Å². The average Bonchev–Trinajstić information content (AvgIpc) is 3.09. The van der Waals surface area contributed by atoms with Crippen LogP contribution >= 0.6 is 23.2 Å². The first-order chi connectivity index (χ1) is 11.6. The van der Waals surface area contributed by atoms with E-state index in [4.69, 9.17) is 28.5 Å². The summed E-state index contributed by atoms with van der Waals surface area (Å²) in [7, 11) is 0. The van der Waals surface area contributed by atoms with E-state index in [9.17, 15) is 13.2 Å². The highest BCUT2D eigenvalue weighted by Crippen LogP contribution is 2.70. The van der Waals surface area contributed by atoms with E-state index in [-0.39, 0.29) is 5.92 Å². The van der Waals surface area contributed by atoms with Crippen molar-refractivity contribution in [1.29, 1.82) is 5.26 Å². The second kappa shape index (κ2) is 6.23. The summed E-state index contributed by atoms with van der Waals surface area (Å²) in [4.78, 5) is 0. The summed E-state index contributed by atoms with van der Waals surface area (Å²) in [6, 6.07) is 13.3. The Morgan fingerprint density at radius 2 is 1.64 bits per heavy atom. The highest BCUT2D eigenvalue weighted by Gasteiger charge is 2.64. The average molecular weight is 384 g/mol. The van der Waals surface area contributed by atoms with Crippen molar-refractivity contribution in [2.45, 2.75) is 35.7 Å². The van der Waals surface area contributed by atoms with Gasteiger partial charge in [-0.25, -0.2) is 0 Å². The van der Waals surface area contributed by atoms with Crippen LogP contribution in [0.4, 0.5) is 13.2 Å². The first-order valence-electron chi connectivity index (χ1n) is 7.67. The van der Waals surface area contributed by atoms with Crippen molar-refractivity contribution in [2.24, 2.45) is 0 Å². The lowest BCUT2D eigenvalue weighted by Gasteiger charge is -2.11. The summed E-state index contributed by atoms with van der Waals surface area (Å²) >= 11 is 12.8. The van der Waals surface area contributed by atoms with Gasteiger partial charge in [-0.3, -0.25) is 0 Å². The van der Waals surface area contributed by atoms with Crippen molar-refractivity contribution in [3.05, 3.63) is 70.3 Å². The number of hydrogen-bond acceptors (Lipinski definition) is 1. The first kappa shape index (κ1) is 18.1. The number of nitriles is 1. The molecule has 2 unspecified atom stereocenters. The standard InChI is InChI=1S/C19H14Cl2F3N/c1-11-8-14(10-15(9-11)19(22,23)24)17-16(18(17,20)21)13-4-2-12(3-5-13)6-7-25/h2-5,8-10,16-17H,6H2,1H3. The van der Waals surface area contributed by atoms with Gasteiger partial charge in [0.05, 0.1) is 18.1 Å². The Morgan fingerprint density at radius 3 is 2.20 bits per heavy atom. The molecule has 2 aromatic carbocycles. The van der Waals surface area contributed by atoms with E-state index in [1.807, 2.05) is 24.3 Å². The summed E-state index contributed by atoms with van der Waals surface area (Å²) in [6.07, 6.45) is -4.11. The van der Waals surface area contributed by atoms with Gasteiger partial charge in [-0.15, -0.1) is 23.2 Å². The molecular formula is C19H14Cl2F3N. The highest BCUT2D eigenvalue weighted by atomic mass is 35.5. The predicted molar refractivity (Wildman–Crippen MR) is 91.9 cm³/mol. The van der Waals surface area contributed by atoms with E-state index in [0.29, 0.717) is 17.5 Å². The van der Waals surface area contributed by atoms with Crippen molar-refractivity contribution in [1.82, 2.24) is 0 Å². The molecule has 2 atom stereocenters. The Balaban J connectivity index is 1.94. The SMILES string of the molecule is Cc1cc(C2C(c3ccc(CC#N)cc3)C2(Cl)Cl)cc(C(F)(F)F)c1. The van der Waals surface area contributed by atoms with Gasteiger partial charge in [0.2, 0.25) is 0 Å². The Bertz CT molecular complexity index is 835. The molecule has 0 aliphatic heterocycles. The molecule has 2 aromatic rings. The minimum absolute atomic E-state index is 0.283. The predicted octanol–water partition coefficient (Wildman–Crippen LogP) is 6.13. The third-order valence-corrected chi connectivity index (χ3v) is 5.40. The minimum atomic E-state index is -4.41. The Labute approximate surface area is 154 Å². The normalized spacial score (nSPS) is 21.6. The molecule has 0 heterocycles. The van der Waals surface area contributed by atoms with E-state index in [0.717, 1.165) is 23.3 Å². The van der Waals surface area contributed by atoms with Gasteiger partial charge < -0.3 is 0 Å². The van der Waals surface area contributed by atoms with E-state index in [1.165, 1.54) is 0 Å². The fourth-order valence-electron chi connectivity index (χ4n) is 3.25. The van der Waals surface area contributed by atoms with Crippen LogP contribution in [0, 0.1) is 18.3 Å². The molecule has 0 bridgehead atoms. The summed E-state index contributed by atoms with van der Waals surface area (Å²) in [5, 5.41) is 8.72. The Morgan fingerprint density at radius 1 is 1.04 bits per heavy atom. The monoisotopic (exact) mass is 383 g/mol. The summed E-state index contributed by atoms with van der Waals surface area (Å²) in [6.45, 7) is 1.62. The topological polar surface area (TPSA) is 23.8 Å². The summed E-state index contributed by atoms with van der Waals surface area (Å²) < 4.78 is 38.1. The largest absolute Gasteiger partial charge is 0.416 e. The maximum Gasteiger partial charge on any atom is 0.416 e. The van der Waals surface area contributed by atoms with Crippen LogP contribution in [-0.2, 0) is 12.6 Å². The van der Waals surface area contributed by atoms with Crippen molar-refractivity contribution < 1.29 is 13.2 Å². The molecule has 0 radical (unpaired) electrons. The molecule has 3 rings (SSSR count). The molecule has 130 valence electrons. The molecule has 0 saturated heterocycles. The van der Waals surface area contributed by atoms with Crippen molar-refractivity contribution in [3.63, 3.8) is 0 Å². The fraction of sp³-hybridized carbons (Fsp3) is 0.316. The third-order valence-electron chi connectivity index (χ3n) is 4.46. The number of nitrogens with zero attached hydrogens (tertiary/aromatic N) is 1. The molecule has 1 aliphatic carbocycles. The zero-order chi connectivity index (χ0) is 18.4. The Hall–Kier alpha value is -1.70. The zero-order valence-corrected chi connectivity index (χ0v) is 14.8. The van der Waals surface area contributed by atoms with Gasteiger partial charge in [-0.1, -0.05) is 35.9 Å². The van der Waals surface area contributed by atoms with Gasteiger partial charge in [0.25, 0.3) is 0 Å². The van der Waals surface area contributed by atoms with Crippen LogP contribution < -0.4 is 0 Å². The molecule has 1 saturated carbocycles. The van der Waals surface area contributed by atoms with E-state index >= 15 is 0 Å². The van der Waals surface area contributed by atoms with Gasteiger partial charge >= 0.3 is 6.18 Å². The van der Waals surface area contributed by atoms with Crippen molar-refractivity contribution in [2.75, 3.05) is 0 Å². The van der Waals surface area contributed by atoms with Gasteiger partial charge in [0.1, 0.15) is 4.33 Å². The fourth-order valence-corrected chi connectivity index (χ4v) is 4.13. The third kappa shape index (κ3) is 3.49. The number of benzene rings is 2. The second-order valence-corrected chi connectivity index (χ2v) is 7.78. The van der Waals surface area contributed by atoms with Crippen molar-refractivity contribution in [3.8, 4) is 6.07 Å². The van der Waals surface area contributed by atoms with Crippen LogP contribution in [0.3, 0.4) is 0 Å². The molecule has 1 nitrogen and oxygen atoms in total. The summed E-state index contributed by atoms with van der Waals surface area (Å²) in [5.74, 6) is -0.687. The lowest BCUT2D eigenvalue weighted by Crippen LogP contribution is -2.06. The summed E-state index contributed by atoms with van der Waals surface area (Å²) in [5.41, 5.74) is 2.04. The lowest BCUT2D eigenvalue weighted by atomic mass is 9.99. The van der Waals surface area contributed by atoms with E-state index in [2.05, 4.69) is 6.07 Å². The molecule has 0 N–H and O–H groups in total. The number of hydrogen-bond donors (Lipinski definition) is 0. The van der Waals surface area contributed by atoms with Gasteiger partial charge in [0.15, 0.2) is 0 Å². The maximum atomic E-state index is 13.1. The highest BCUT2D eigenvalue weighted by molar-refractivity contribution is 6.52. The quantitative estimate of drug-likeness (QED) is 0.584. The second-order valence-electron chi connectivity index (χ2n) is 6.34. The van der Waals surface area contributed by atoms with Gasteiger partial charge in [-0.05, 0) is 35.7 Å². The Kier molecular flexibility index (Phi) is 4.51. The molecule has 0 amide bonds. The lowest BCUT2D eigenvalue weighted by molar-refractivity contribution is -0.137. The molecule has 1 aliphatic rings. The van der Waals surface area contributed by atoms with Crippen LogP contribution in [0.15, 0.2) is 42.5 Å². The van der Waals surface area contributed by atoms with Crippen LogP contribution in [0.25, 0.3) is 0 Å². The smallest absolute Gasteiger partial charge is 0.198 e. The number of rotatable bonds is 3. The zero-order valence-electron chi connectivity index (χ0n) is 13.2. The maximum absolute atomic E-state index is 13.1. The number of aryl methyl sites for hydroxylation is 1. The number of halogens is 5. The molecule has 1 fully saturated rings. The molecular weight excluding hydrogens is 370 g/mol. The van der Waals surface area contributed by atoms with E-state index in [1.54, 1.807) is 13.0 Å². The van der Waals surface area contributed by atoms with Crippen LogP contribution in [0.2, 0.25) is 0 Å². The number of alkyl halides is 5. The van der Waals surface area contributed by atoms with Crippen LogP contribution in [0.5, 0.6) is 0 Å². The molecule has 6 heteroatoms.